The summed E-state index contributed by atoms with van der Waals surface area (Å²) in [6.45, 7) is 2.14. The van der Waals surface area contributed by atoms with E-state index in [1.165, 1.54) is 25.7 Å². The highest BCUT2D eigenvalue weighted by atomic mass is 16.1. The zero-order chi connectivity index (χ0) is 12.1. The van der Waals surface area contributed by atoms with Gasteiger partial charge in [0.05, 0.1) is 0 Å². The summed E-state index contributed by atoms with van der Waals surface area (Å²) in [5.41, 5.74) is 0.850. The Bertz CT molecular complexity index is 407. The van der Waals surface area contributed by atoms with Crippen LogP contribution in [0.5, 0.6) is 0 Å². The third-order valence-corrected chi connectivity index (χ3v) is 3.28. The summed E-state index contributed by atoms with van der Waals surface area (Å²) in [5, 5.41) is 3.33. The van der Waals surface area contributed by atoms with Gasteiger partial charge in [-0.1, -0.05) is 26.2 Å². The van der Waals surface area contributed by atoms with Gasteiger partial charge in [-0.3, -0.25) is 9.78 Å². The SMILES string of the molecule is CCCCc1cc(=O)[nH]c(NC2CCCC2)n1. The van der Waals surface area contributed by atoms with Crippen LogP contribution in [0, 0.1) is 0 Å². The van der Waals surface area contributed by atoms with E-state index in [-0.39, 0.29) is 5.56 Å². The summed E-state index contributed by atoms with van der Waals surface area (Å²) in [4.78, 5) is 18.8. The van der Waals surface area contributed by atoms with Crippen molar-refractivity contribution in [2.45, 2.75) is 57.9 Å². The summed E-state index contributed by atoms with van der Waals surface area (Å²) >= 11 is 0. The molecule has 0 spiro atoms. The van der Waals surface area contributed by atoms with E-state index in [0.29, 0.717) is 12.0 Å². The number of aromatic nitrogens is 2. The van der Waals surface area contributed by atoms with Crippen LogP contribution in [-0.4, -0.2) is 16.0 Å². The van der Waals surface area contributed by atoms with Crippen molar-refractivity contribution < 1.29 is 0 Å². The van der Waals surface area contributed by atoms with E-state index in [4.69, 9.17) is 0 Å². The molecule has 4 nitrogen and oxygen atoms in total. The Morgan fingerprint density at radius 1 is 1.47 bits per heavy atom. The lowest BCUT2D eigenvalue weighted by atomic mass is 10.2. The van der Waals surface area contributed by atoms with Crippen molar-refractivity contribution in [1.82, 2.24) is 9.97 Å². The highest BCUT2D eigenvalue weighted by Gasteiger charge is 2.15. The predicted molar refractivity (Wildman–Crippen MR) is 69.3 cm³/mol. The molecule has 0 aliphatic heterocycles. The van der Waals surface area contributed by atoms with Gasteiger partial charge in [-0.05, 0) is 25.7 Å². The van der Waals surface area contributed by atoms with Crippen LogP contribution in [0.25, 0.3) is 0 Å². The first-order chi connectivity index (χ1) is 8.28. The van der Waals surface area contributed by atoms with Gasteiger partial charge in [0.25, 0.3) is 5.56 Å². The Kier molecular flexibility index (Phi) is 4.18. The maximum Gasteiger partial charge on any atom is 0.252 e. The fourth-order valence-electron chi connectivity index (χ4n) is 2.33. The molecule has 0 radical (unpaired) electrons. The molecule has 0 bridgehead atoms. The molecular formula is C13H21N3O. The first-order valence-corrected chi connectivity index (χ1v) is 6.64. The number of aryl methyl sites for hydroxylation is 1. The topological polar surface area (TPSA) is 57.8 Å². The van der Waals surface area contributed by atoms with E-state index >= 15 is 0 Å². The van der Waals surface area contributed by atoms with Gasteiger partial charge < -0.3 is 5.32 Å². The lowest BCUT2D eigenvalue weighted by molar-refractivity contribution is 0.732. The largest absolute Gasteiger partial charge is 0.353 e. The number of nitrogens with zero attached hydrogens (tertiary/aromatic N) is 1. The zero-order valence-electron chi connectivity index (χ0n) is 10.5. The van der Waals surface area contributed by atoms with Crippen LogP contribution in [0.4, 0.5) is 5.95 Å². The minimum atomic E-state index is -0.0494. The molecule has 0 saturated heterocycles. The predicted octanol–water partition coefficient (Wildman–Crippen LogP) is 2.47. The van der Waals surface area contributed by atoms with Crippen molar-refractivity contribution in [2.24, 2.45) is 0 Å². The van der Waals surface area contributed by atoms with Gasteiger partial charge in [0.2, 0.25) is 5.95 Å². The molecule has 1 aromatic heterocycles. The molecular weight excluding hydrogens is 214 g/mol. The molecule has 1 heterocycles. The average molecular weight is 235 g/mol. The van der Waals surface area contributed by atoms with Crippen LogP contribution in [-0.2, 0) is 6.42 Å². The normalized spacial score (nSPS) is 16.3. The monoisotopic (exact) mass is 235 g/mol. The van der Waals surface area contributed by atoms with E-state index in [9.17, 15) is 4.79 Å². The second-order valence-corrected chi connectivity index (χ2v) is 4.81. The number of unbranched alkanes of at least 4 members (excludes halogenated alkanes) is 1. The summed E-state index contributed by atoms with van der Waals surface area (Å²) in [5.74, 6) is 0.649. The Morgan fingerprint density at radius 2 is 2.24 bits per heavy atom. The van der Waals surface area contributed by atoms with Crippen molar-refractivity contribution in [3.63, 3.8) is 0 Å². The Balaban J connectivity index is 2.04. The van der Waals surface area contributed by atoms with Crippen LogP contribution in [0.15, 0.2) is 10.9 Å². The summed E-state index contributed by atoms with van der Waals surface area (Å²) < 4.78 is 0. The maximum absolute atomic E-state index is 11.5. The number of hydrogen-bond donors (Lipinski definition) is 2. The molecule has 4 heteroatoms. The van der Waals surface area contributed by atoms with Crippen molar-refractivity contribution >= 4 is 5.95 Å². The Morgan fingerprint density at radius 3 is 2.94 bits per heavy atom. The van der Waals surface area contributed by atoms with Crippen molar-refractivity contribution in [3.05, 3.63) is 22.1 Å². The number of anilines is 1. The molecule has 0 amide bonds. The standard InChI is InChI=1S/C13H21N3O/c1-2-3-6-11-9-12(17)16-13(15-11)14-10-7-4-5-8-10/h9-10H,2-8H2,1H3,(H2,14,15,16,17). The lowest BCUT2D eigenvalue weighted by Gasteiger charge is -2.12. The molecule has 0 unspecified atom stereocenters. The molecule has 0 aromatic carbocycles. The fraction of sp³-hybridized carbons (Fsp3) is 0.692. The number of H-pyrrole nitrogens is 1. The van der Waals surface area contributed by atoms with Gasteiger partial charge in [0.15, 0.2) is 0 Å². The number of rotatable bonds is 5. The minimum absolute atomic E-state index is 0.0494. The van der Waals surface area contributed by atoms with Crippen LogP contribution in [0.3, 0.4) is 0 Å². The summed E-state index contributed by atoms with van der Waals surface area (Å²) in [6.07, 6.45) is 8.01. The second-order valence-electron chi connectivity index (χ2n) is 4.81. The molecule has 1 aliphatic carbocycles. The molecule has 1 fully saturated rings. The maximum atomic E-state index is 11.5. The third kappa shape index (κ3) is 3.58. The zero-order valence-corrected chi connectivity index (χ0v) is 10.5. The highest BCUT2D eigenvalue weighted by Crippen LogP contribution is 2.20. The fourth-order valence-corrected chi connectivity index (χ4v) is 2.33. The first kappa shape index (κ1) is 12.1. The summed E-state index contributed by atoms with van der Waals surface area (Å²) in [7, 11) is 0. The van der Waals surface area contributed by atoms with Gasteiger partial charge in [0, 0.05) is 17.8 Å². The van der Waals surface area contributed by atoms with Crippen molar-refractivity contribution in [2.75, 3.05) is 5.32 Å². The number of hydrogen-bond acceptors (Lipinski definition) is 3. The van der Waals surface area contributed by atoms with E-state index < -0.39 is 0 Å². The van der Waals surface area contributed by atoms with Crippen molar-refractivity contribution in [3.8, 4) is 0 Å². The van der Waals surface area contributed by atoms with Crippen LogP contribution in [0.2, 0.25) is 0 Å². The van der Waals surface area contributed by atoms with Gasteiger partial charge in [-0.25, -0.2) is 4.98 Å². The quantitative estimate of drug-likeness (QED) is 0.824. The highest BCUT2D eigenvalue weighted by molar-refractivity contribution is 5.27. The molecule has 94 valence electrons. The van der Waals surface area contributed by atoms with E-state index in [0.717, 1.165) is 25.0 Å². The van der Waals surface area contributed by atoms with Crippen molar-refractivity contribution in [1.29, 1.82) is 0 Å². The number of nitrogens with one attached hydrogen (secondary N) is 2. The van der Waals surface area contributed by atoms with Crippen LogP contribution >= 0.6 is 0 Å². The van der Waals surface area contributed by atoms with Gasteiger partial charge >= 0.3 is 0 Å². The molecule has 1 aliphatic rings. The molecule has 1 aromatic rings. The van der Waals surface area contributed by atoms with Crippen LogP contribution in [0.1, 0.15) is 51.1 Å². The molecule has 1 saturated carbocycles. The van der Waals surface area contributed by atoms with Gasteiger partial charge in [-0.2, -0.15) is 0 Å². The minimum Gasteiger partial charge on any atom is -0.353 e. The third-order valence-electron chi connectivity index (χ3n) is 3.28. The molecule has 2 rings (SSSR count). The molecule has 0 atom stereocenters. The van der Waals surface area contributed by atoms with Crippen LogP contribution < -0.4 is 10.9 Å². The van der Waals surface area contributed by atoms with E-state index in [2.05, 4.69) is 22.2 Å². The Labute approximate surface area is 102 Å². The smallest absolute Gasteiger partial charge is 0.252 e. The van der Waals surface area contributed by atoms with Gasteiger partial charge in [-0.15, -0.1) is 0 Å². The lowest BCUT2D eigenvalue weighted by Crippen LogP contribution is -2.20. The van der Waals surface area contributed by atoms with E-state index in [1.54, 1.807) is 6.07 Å². The first-order valence-electron chi connectivity index (χ1n) is 6.64. The number of aromatic amines is 1. The molecule has 2 N–H and O–H groups in total. The molecule has 17 heavy (non-hydrogen) atoms. The van der Waals surface area contributed by atoms with Gasteiger partial charge in [0.1, 0.15) is 0 Å². The second kappa shape index (κ2) is 5.84. The van der Waals surface area contributed by atoms with E-state index in [1.807, 2.05) is 0 Å². The summed E-state index contributed by atoms with van der Waals surface area (Å²) in [6, 6.07) is 2.09. The Hall–Kier alpha value is -1.32. The average Bonchev–Trinajstić information content (AvgIpc) is 2.78.